The normalized spacial score (nSPS) is 12.2. The molecule has 0 aromatic carbocycles. The van der Waals surface area contributed by atoms with Crippen LogP contribution in [0.3, 0.4) is 0 Å². The number of thioether (sulfide) groups is 1. The van der Waals surface area contributed by atoms with Gasteiger partial charge in [-0.3, -0.25) is 4.79 Å². The zero-order valence-corrected chi connectivity index (χ0v) is 15.0. The van der Waals surface area contributed by atoms with Crippen molar-refractivity contribution >= 4 is 17.7 Å². The summed E-state index contributed by atoms with van der Waals surface area (Å²) >= 11 is 0.837. The van der Waals surface area contributed by atoms with E-state index in [0.717, 1.165) is 17.8 Å². The van der Waals surface area contributed by atoms with Crippen molar-refractivity contribution < 1.29 is 18.0 Å². The Bertz CT molecular complexity index is 658. The second-order valence-electron chi connectivity index (χ2n) is 6.61. The molecule has 0 unspecified atom stereocenters. The summed E-state index contributed by atoms with van der Waals surface area (Å²) in [6, 6.07) is 2.42. The Labute approximate surface area is 143 Å². The van der Waals surface area contributed by atoms with Crippen LogP contribution in [0.1, 0.15) is 51.4 Å². The minimum absolute atomic E-state index is 0.0730. The third-order valence-corrected chi connectivity index (χ3v) is 3.94. The molecule has 0 atom stereocenters. The maximum Gasteiger partial charge on any atom is 0.417 e. The van der Waals surface area contributed by atoms with E-state index in [1.807, 2.05) is 0 Å². The molecular formula is C16H20F3N3OS. The van der Waals surface area contributed by atoms with Crippen LogP contribution < -0.4 is 5.32 Å². The van der Waals surface area contributed by atoms with E-state index >= 15 is 0 Å². The van der Waals surface area contributed by atoms with E-state index in [2.05, 4.69) is 10.3 Å². The van der Waals surface area contributed by atoms with Crippen LogP contribution >= 0.6 is 11.8 Å². The highest BCUT2D eigenvalue weighted by Gasteiger charge is 2.37. The molecule has 0 aliphatic carbocycles. The topological polar surface area (TPSA) is 65.8 Å². The molecule has 0 bridgehead atoms. The summed E-state index contributed by atoms with van der Waals surface area (Å²) in [5.74, 6) is -0.430. The Morgan fingerprint density at radius 1 is 1.38 bits per heavy atom. The molecule has 0 aliphatic heterocycles. The number of nitriles is 1. The summed E-state index contributed by atoms with van der Waals surface area (Å²) in [5.41, 5.74) is -1.96. The van der Waals surface area contributed by atoms with Crippen molar-refractivity contribution in [3.8, 4) is 6.07 Å². The fourth-order valence-electron chi connectivity index (χ4n) is 1.84. The molecule has 1 rings (SSSR count). The van der Waals surface area contributed by atoms with Gasteiger partial charge in [0.2, 0.25) is 5.91 Å². The van der Waals surface area contributed by atoms with Crippen LogP contribution in [-0.2, 0) is 16.4 Å². The fourth-order valence-corrected chi connectivity index (χ4v) is 2.65. The molecular weight excluding hydrogens is 339 g/mol. The number of nitrogens with one attached hydrogen (secondary N) is 1. The van der Waals surface area contributed by atoms with Crippen molar-refractivity contribution in [3.05, 3.63) is 22.9 Å². The van der Waals surface area contributed by atoms with Gasteiger partial charge in [-0.1, -0.05) is 32.5 Å². The van der Waals surface area contributed by atoms with Gasteiger partial charge in [-0.25, -0.2) is 4.98 Å². The Morgan fingerprint density at radius 3 is 2.38 bits per heavy atom. The molecule has 24 heavy (non-hydrogen) atoms. The van der Waals surface area contributed by atoms with E-state index in [1.165, 1.54) is 0 Å². The van der Waals surface area contributed by atoms with Crippen LogP contribution in [0.5, 0.6) is 0 Å². The summed E-state index contributed by atoms with van der Waals surface area (Å²) < 4.78 is 39.9. The number of amides is 1. The molecule has 1 aromatic heterocycles. The molecule has 0 saturated heterocycles. The van der Waals surface area contributed by atoms with E-state index < -0.39 is 22.7 Å². The van der Waals surface area contributed by atoms with E-state index in [0.29, 0.717) is 0 Å². The SMILES string of the molecule is CC(C)NC(=O)CSc1nc(C(C)(C)C)cc(C(F)(F)F)c1C#N. The Balaban J connectivity index is 3.32. The molecule has 1 heterocycles. The van der Waals surface area contributed by atoms with Crippen LogP contribution in [0.2, 0.25) is 0 Å². The molecule has 0 radical (unpaired) electrons. The number of aromatic nitrogens is 1. The predicted octanol–water partition coefficient (Wildman–Crippen LogP) is 3.89. The van der Waals surface area contributed by atoms with E-state index in [1.54, 1.807) is 40.7 Å². The number of alkyl halides is 3. The lowest BCUT2D eigenvalue weighted by atomic mass is 9.90. The van der Waals surface area contributed by atoms with Crippen molar-refractivity contribution in [2.45, 2.75) is 57.3 Å². The first kappa shape index (κ1) is 20.3. The maximum atomic E-state index is 13.3. The highest BCUT2D eigenvalue weighted by atomic mass is 32.2. The first-order chi connectivity index (χ1) is 10.9. The van der Waals surface area contributed by atoms with Crippen LogP contribution in [0, 0.1) is 11.3 Å². The Kier molecular flexibility index (Phi) is 6.28. The quantitative estimate of drug-likeness (QED) is 0.829. The van der Waals surface area contributed by atoms with Crippen molar-refractivity contribution in [2.75, 3.05) is 5.75 Å². The highest BCUT2D eigenvalue weighted by molar-refractivity contribution is 8.00. The number of pyridine rings is 1. The average molecular weight is 359 g/mol. The van der Waals surface area contributed by atoms with Crippen molar-refractivity contribution in [3.63, 3.8) is 0 Å². The Hall–Kier alpha value is -1.75. The Morgan fingerprint density at radius 2 is 1.96 bits per heavy atom. The number of rotatable bonds is 4. The standard InChI is InChI=1S/C16H20F3N3OS/c1-9(2)21-13(23)8-24-14-10(7-20)11(16(17,18)19)6-12(22-14)15(3,4)5/h6,9H,8H2,1-5H3,(H,21,23). The van der Waals surface area contributed by atoms with Crippen LogP contribution in [0.15, 0.2) is 11.1 Å². The average Bonchev–Trinajstić information content (AvgIpc) is 2.41. The van der Waals surface area contributed by atoms with Crippen molar-refractivity contribution in [1.29, 1.82) is 5.26 Å². The summed E-state index contributed by atoms with van der Waals surface area (Å²) in [6.07, 6.45) is -4.66. The zero-order chi connectivity index (χ0) is 18.7. The second-order valence-corrected chi connectivity index (χ2v) is 7.57. The predicted molar refractivity (Wildman–Crippen MR) is 86.7 cm³/mol. The largest absolute Gasteiger partial charge is 0.417 e. The van der Waals surface area contributed by atoms with Gasteiger partial charge in [0.15, 0.2) is 0 Å². The van der Waals surface area contributed by atoms with Gasteiger partial charge in [0.25, 0.3) is 0 Å². The smallest absolute Gasteiger partial charge is 0.353 e. The molecule has 0 saturated carbocycles. The third-order valence-electron chi connectivity index (χ3n) is 2.96. The molecule has 8 heteroatoms. The van der Waals surface area contributed by atoms with Crippen molar-refractivity contribution in [2.24, 2.45) is 0 Å². The van der Waals surface area contributed by atoms with Gasteiger partial charge in [-0.2, -0.15) is 18.4 Å². The lowest BCUT2D eigenvalue weighted by Gasteiger charge is -2.21. The van der Waals surface area contributed by atoms with Crippen LogP contribution in [0.25, 0.3) is 0 Å². The third kappa shape index (κ3) is 5.41. The van der Waals surface area contributed by atoms with Gasteiger partial charge < -0.3 is 5.32 Å². The second kappa shape index (κ2) is 7.43. The number of carbonyl (C=O) groups is 1. The van der Waals surface area contributed by atoms with Crippen LogP contribution in [0.4, 0.5) is 13.2 Å². The van der Waals surface area contributed by atoms with Gasteiger partial charge in [0, 0.05) is 17.2 Å². The number of hydrogen-bond acceptors (Lipinski definition) is 4. The van der Waals surface area contributed by atoms with Gasteiger partial charge in [-0.05, 0) is 19.9 Å². The summed E-state index contributed by atoms with van der Waals surface area (Å²) in [6.45, 7) is 8.78. The van der Waals surface area contributed by atoms with Crippen LogP contribution in [-0.4, -0.2) is 22.7 Å². The number of carbonyl (C=O) groups excluding carboxylic acids is 1. The minimum atomic E-state index is -4.66. The summed E-state index contributed by atoms with van der Waals surface area (Å²) in [5, 5.41) is 11.7. The highest BCUT2D eigenvalue weighted by Crippen LogP contribution is 2.38. The number of halogens is 3. The van der Waals surface area contributed by atoms with Gasteiger partial charge in [0.05, 0.1) is 16.9 Å². The summed E-state index contributed by atoms with van der Waals surface area (Å²) in [7, 11) is 0. The van der Waals surface area contributed by atoms with Gasteiger partial charge >= 0.3 is 6.18 Å². The minimum Gasteiger partial charge on any atom is -0.353 e. The van der Waals surface area contributed by atoms with E-state index in [9.17, 15) is 18.0 Å². The molecule has 4 nitrogen and oxygen atoms in total. The monoisotopic (exact) mass is 359 g/mol. The molecule has 1 aromatic rings. The number of hydrogen-bond donors (Lipinski definition) is 1. The lowest BCUT2D eigenvalue weighted by molar-refractivity contribution is -0.138. The van der Waals surface area contributed by atoms with Crippen molar-refractivity contribution in [1.82, 2.24) is 10.3 Å². The van der Waals surface area contributed by atoms with Gasteiger partial charge in [0.1, 0.15) is 11.1 Å². The number of nitrogens with zero attached hydrogens (tertiary/aromatic N) is 2. The lowest BCUT2D eigenvalue weighted by Crippen LogP contribution is -2.31. The molecule has 1 amide bonds. The molecule has 1 N–H and O–H groups in total. The molecule has 0 spiro atoms. The van der Waals surface area contributed by atoms with E-state index in [4.69, 9.17) is 5.26 Å². The fraction of sp³-hybridized carbons (Fsp3) is 0.562. The van der Waals surface area contributed by atoms with Gasteiger partial charge in [-0.15, -0.1) is 0 Å². The first-order valence-corrected chi connectivity index (χ1v) is 8.29. The molecule has 132 valence electrons. The molecule has 0 aliphatic rings. The maximum absolute atomic E-state index is 13.3. The first-order valence-electron chi connectivity index (χ1n) is 7.31. The zero-order valence-electron chi connectivity index (χ0n) is 14.2. The van der Waals surface area contributed by atoms with E-state index in [-0.39, 0.29) is 28.4 Å². The molecule has 0 fully saturated rings. The summed E-state index contributed by atoms with van der Waals surface area (Å²) in [4.78, 5) is 15.9.